The number of ketones is 1. The highest BCUT2D eigenvalue weighted by atomic mass is 32.2. The van der Waals surface area contributed by atoms with Crippen molar-refractivity contribution in [1.29, 1.82) is 0 Å². The molecular weight excluding hydrogens is 508 g/mol. The number of rotatable bonds is 6. The Bertz CT molecular complexity index is 1190. The van der Waals surface area contributed by atoms with Gasteiger partial charge in [0.25, 0.3) is 0 Å². The normalized spacial score (nSPS) is 13.5. The van der Waals surface area contributed by atoms with E-state index in [0.717, 1.165) is 0 Å². The minimum Gasteiger partial charge on any atom is -0.294 e. The fraction of sp³-hybridized carbons (Fsp3) is 0.0556. The third-order valence-corrected chi connectivity index (χ3v) is 4.88. The highest BCUT2D eigenvalue weighted by molar-refractivity contribution is 7.89. The van der Waals surface area contributed by atoms with Crippen molar-refractivity contribution in [2.75, 3.05) is 5.75 Å². The van der Waals surface area contributed by atoms with E-state index >= 15 is 0 Å². The predicted molar refractivity (Wildman–Crippen MR) is 88.7 cm³/mol. The van der Waals surface area contributed by atoms with Crippen LogP contribution < -0.4 is 0 Å². The molecule has 0 aromatic heterocycles. The van der Waals surface area contributed by atoms with E-state index < -0.39 is 103 Å². The van der Waals surface area contributed by atoms with Gasteiger partial charge in [0.2, 0.25) is 16.8 Å². The number of carbonyl (C=O) groups is 1. The lowest BCUT2D eigenvalue weighted by Gasteiger charge is -2.07. The molecule has 0 aliphatic rings. The third kappa shape index (κ3) is 4.82. The maximum absolute atomic E-state index is 14.0. The highest BCUT2D eigenvalue weighted by Crippen LogP contribution is 2.32. The van der Waals surface area contributed by atoms with Gasteiger partial charge in [0.15, 0.2) is 58.1 Å². The summed E-state index contributed by atoms with van der Waals surface area (Å²) < 4.78 is 172. The van der Waals surface area contributed by atoms with E-state index in [-0.39, 0.29) is 12.2 Å². The Hall–Kier alpha value is -3.10. The minimum atomic E-state index is -3.47. The van der Waals surface area contributed by atoms with Crippen LogP contribution in [-0.4, -0.2) is 15.7 Å². The van der Waals surface area contributed by atoms with Crippen LogP contribution in [0, 0.1) is 58.2 Å². The van der Waals surface area contributed by atoms with Crippen LogP contribution in [-0.2, 0) is 15.6 Å². The quantitative estimate of drug-likeness (QED) is 0.216. The molecule has 0 amide bonds. The molecule has 178 valence electrons. The summed E-state index contributed by atoms with van der Waals surface area (Å²) >= 11 is 0. The van der Waals surface area contributed by atoms with Crippen LogP contribution in [0.25, 0.3) is 11.9 Å². The molecule has 2 rings (SSSR count). The Morgan fingerprint density at radius 2 is 1.00 bits per heavy atom. The zero-order chi connectivity index (χ0) is 25.4. The number of hydrogen-bond acceptors (Lipinski definition) is 2. The van der Waals surface area contributed by atoms with Gasteiger partial charge in [-0.15, -0.1) is 0 Å². The second kappa shape index (κ2) is 9.80. The second-order valence-electron chi connectivity index (χ2n) is 5.81. The average Bonchev–Trinajstić information content (AvgIpc) is 2.78. The lowest BCUT2D eigenvalue weighted by atomic mass is 10.1. The molecule has 15 heteroatoms. The molecule has 0 aliphatic heterocycles. The SMILES string of the molecule is O=C(/C=C\c1c(F)c(F)c(F)c(F)c1F)CS(=O)/C(F)=C(/F)c1c(F)c(F)c(F)c(F)c1F. The molecule has 33 heavy (non-hydrogen) atoms. The predicted octanol–water partition coefficient (Wildman–Crippen LogP) is 5.67. The Morgan fingerprint density at radius 3 is 1.42 bits per heavy atom. The van der Waals surface area contributed by atoms with Gasteiger partial charge in [-0.2, -0.15) is 4.39 Å². The summed E-state index contributed by atoms with van der Waals surface area (Å²) in [6.07, 6.45) is 0.0810. The van der Waals surface area contributed by atoms with Crippen LogP contribution in [0.5, 0.6) is 0 Å². The lowest BCUT2D eigenvalue weighted by molar-refractivity contribution is -0.112. The van der Waals surface area contributed by atoms with E-state index in [2.05, 4.69) is 0 Å². The Balaban J connectivity index is 2.35. The van der Waals surface area contributed by atoms with Gasteiger partial charge >= 0.3 is 0 Å². The molecule has 0 saturated carbocycles. The van der Waals surface area contributed by atoms with Crippen LogP contribution in [0.4, 0.5) is 52.7 Å². The Labute approximate surface area is 177 Å². The van der Waals surface area contributed by atoms with Crippen molar-refractivity contribution < 1.29 is 61.7 Å². The first kappa shape index (κ1) is 26.2. The molecular formula is C18H4F12O2S. The molecule has 1 unspecified atom stereocenters. The summed E-state index contributed by atoms with van der Waals surface area (Å²) in [6, 6.07) is 0. The van der Waals surface area contributed by atoms with Crippen molar-refractivity contribution in [2.45, 2.75) is 0 Å². The van der Waals surface area contributed by atoms with Crippen molar-refractivity contribution >= 4 is 28.5 Å². The zero-order valence-electron chi connectivity index (χ0n) is 15.1. The molecule has 0 heterocycles. The van der Waals surface area contributed by atoms with Crippen molar-refractivity contribution in [3.05, 3.63) is 80.5 Å². The molecule has 0 aliphatic carbocycles. The largest absolute Gasteiger partial charge is 0.294 e. The van der Waals surface area contributed by atoms with E-state index in [1.165, 1.54) is 0 Å². The number of halogens is 12. The summed E-state index contributed by atoms with van der Waals surface area (Å²) in [5.41, 5.74) is -4.03. The lowest BCUT2D eigenvalue weighted by Crippen LogP contribution is -2.11. The van der Waals surface area contributed by atoms with Crippen LogP contribution in [0.2, 0.25) is 0 Å². The van der Waals surface area contributed by atoms with Gasteiger partial charge in [-0.1, -0.05) is 0 Å². The summed E-state index contributed by atoms with van der Waals surface area (Å²) in [6.45, 7) is 0. The smallest absolute Gasteiger partial charge is 0.223 e. The van der Waals surface area contributed by atoms with Gasteiger partial charge < -0.3 is 0 Å². The maximum atomic E-state index is 14.0. The third-order valence-electron chi connectivity index (χ3n) is 3.75. The summed E-state index contributed by atoms with van der Waals surface area (Å²) in [4.78, 5) is 11.6. The topological polar surface area (TPSA) is 34.1 Å². The van der Waals surface area contributed by atoms with Crippen LogP contribution in [0.15, 0.2) is 11.2 Å². The van der Waals surface area contributed by atoms with E-state index in [0.29, 0.717) is 0 Å². The van der Waals surface area contributed by atoms with Crippen LogP contribution in [0.1, 0.15) is 11.1 Å². The number of carbonyl (C=O) groups excluding carboxylic acids is 1. The maximum Gasteiger partial charge on any atom is 0.223 e. The second-order valence-corrected chi connectivity index (χ2v) is 7.14. The van der Waals surface area contributed by atoms with Crippen LogP contribution in [0.3, 0.4) is 0 Å². The van der Waals surface area contributed by atoms with Crippen molar-refractivity contribution in [1.82, 2.24) is 0 Å². The van der Waals surface area contributed by atoms with E-state index in [4.69, 9.17) is 0 Å². The molecule has 2 aromatic carbocycles. The molecule has 0 radical (unpaired) electrons. The van der Waals surface area contributed by atoms with Gasteiger partial charge in [0.05, 0.1) is 27.7 Å². The molecule has 0 spiro atoms. The van der Waals surface area contributed by atoms with E-state index in [9.17, 15) is 61.7 Å². The first-order valence-electron chi connectivity index (χ1n) is 7.90. The first-order valence-corrected chi connectivity index (χ1v) is 9.21. The number of hydrogen-bond donors (Lipinski definition) is 0. The van der Waals surface area contributed by atoms with Crippen molar-refractivity contribution in [2.24, 2.45) is 0 Å². The molecule has 0 bridgehead atoms. The van der Waals surface area contributed by atoms with E-state index in [1.54, 1.807) is 0 Å². The summed E-state index contributed by atoms with van der Waals surface area (Å²) in [7, 11) is -3.47. The molecule has 0 fully saturated rings. The van der Waals surface area contributed by atoms with E-state index in [1.807, 2.05) is 0 Å². The van der Waals surface area contributed by atoms with Gasteiger partial charge in [-0.3, -0.25) is 9.00 Å². The standard InChI is InChI=1S/C18H4F12O2S/c19-7-5(8(20)13(25)16(28)12(7)24)2-1-4(31)3-33(32)18(30)11(23)6-9(21)14(26)17(29)15(27)10(6)22/h1-2H,3H2/b2-1-,18-11+. The van der Waals surface area contributed by atoms with Gasteiger partial charge in [-0.25, -0.2) is 48.3 Å². The number of benzene rings is 2. The van der Waals surface area contributed by atoms with Crippen LogP contribution >= 0.6 is 0 Å². The molecule has 1 atom stereocenters. The van der Waals surface area contributed by atoms with Crippen molar-refractivity contribution in [3.8, 4) is 0 Å². The van der Waals surface area contributed by atoms with Gasteiger partial charge in [-0.05, 0) is 12.2 Å². The monoisotopic (exact) mass is 512 g/mol. The molecule has 0 N–H and O–H groups in total. The highest BCUT2D eigenvalue weighted by Gasteiger charge is 2.31. The van der Waals surface area contributed by atoms with Crippen molar-refractivity contribution in [3.63, 3.8) is 0 Å². The molecule has 2 nitrogen and oxygen atoms in total. The molecule has 0 saturated heterocycles. The molecule has 2 aromatic rings. The minimum absolute atomic E-state index is 0.0256. The van der Waals surface area contributed by atoms with Gasteiger partial charge in [0, 0.05) is 0 Å². The number of allylic oxidation sites excluding steroid dienone is 1. The fourth-order valence-electron chi connectivity index (χ4n) is 2.18. The fourth-order valence-corrected chi connectivity index (χ4v) is 2.96. The summed E-state index contributed by atoms with van der Waals surface area (Å²) in [5.74, 6) is -31.6. The first-order chi connectivity index (χ1) is 15.2. The average molecular weight is 512 g/mol. The summed E-state index contributed by atoms with van der Waals surface area (Å²) in [5, 5.41) is -2.64. The Morgan fingerprint density at radius 1 is 0.636 bits per heavy atom. The zero-order valence-corrected chi connectivity index (χ0v) is 15.9. The van der Waals surface area contributed by atoms with Gasteiger partial charge in [0.1, 0.15) is 0 Å². The Kier molecular flexibility index (Phi) is 7.77.